The van der Waals surface area contributed by atoms with Crippen molar-refractivity contribution >= 4 is 50.7 Å². The smallest absolute Gasteiger partial charge is 0.261 e. The summed E-state index contributed by atoms with van der Waals surface area (Å²) in [5, 5.41) is 8.03. The van der Waals surface area contributed by atoms with Crippen molar-refractivity contribution in [2.45, 2.75) is 20.4 Å². The highest BCUT2D eigenvalue weighted by molar-refractivity contribution is 9.10. The van der Waals surface area contributed by atoms with Gasteiger partial charge in [0, 0.05) is 22.0 Å². The Balaban J connectivity index is 1.84. The first-order chi connectivity index (χ1) is 11.8. The summed E-state index contributed by atoms with van der Waals surface area (Å²) in [7, 11) is 0. The van der Waals surface area contributed by atoms with Crippen molar-refractivity contribution in [3.05, 3.63) is 50.1 Å². The Morgan fingerprint density at radius 3 is 2.56 bits per heavy atom. The van der Waals surface area contributed by atoms with E-state index in [1.54, 1.807) is 18.2 Å². The van der Waals surface area contributed by atoms with E-state index in [-0.39, 0.29) is 24.3 Å². The second-order valence-electron chi connectivity index (χ2n) is 5.37. The molecule has 1 aromatic heterocycles. The number of thiophene rings is 1. The van der Waals surface area contributed by atoms with Crippen LogP contribution in [0, 0.1) is 6.92 Å². The molecule has 1 heterocycles. The van der Waals surface area contributed by atoms with E-state index < -0.39 is 0 Å². The van der Waals surface area contributed by atoms with Crippen LogP contribution in [0.3, 0.4) is 0 Å². The molecule has 0 atom stereocenters. The molecule has 132 valence electrons. The Labute approximate surface area is 158 Å². The topological polar surface area (TPSA) is 87.3 Å². The fourth-order valence-corrected chi connectivity index (χ4v) is 3.36. The Kier molecular flexibility index (Phi) is 6.72. The monoisotopic (exact) mass is 423 g/mol. The molecule has 0 aliphatic rings. The van der Waals surface area contributed by atoms with Crippen LogP contribution in [-0.2, 0) is 16.1 Å². The normalized spacial score (nSPS) is 10.2. The van der Waals surface area contributed by atoms with Gasteiger partial charge in [0.25, 0.3) is 5.91 Å². The number of amides is 3. The Bertz CT molecular complexity index is 804. The number of nitrogens with one attached hydrogen (secondary N) is 3. The van der Waals surface area contributed by atoms with Crippen LogP contribution in [-0.4, -0.2) is 24.3 Å². The van der Waals surface area contributed by atoms with E-state index in [1.807, 2.05) is 19.1 Å². The quantitative estimate of drug-likeness (QED) is 0.667. The predicted molar refractivity (Wildman–Crippen MR) is 102 cm³/mol. The number of carbonyl (C=O) groups excluding carboxylic acids is 3. The minimum atomic E-state index is -0.318. The van der Waals surface area contributed by atoms with Crippen LogP contribution in [0.4, 0.5) is 5.69 Å². The number of anilines is 1. The van der Waals surface area contributed by atoms with Crippen molar-refractivity contribution in [2.24, 2.45) is 0 Å². The molecule has 8 heteroatoms. The number of halogens is 1. The third-order valence-electron chi connectivity index (χ3n) is 3.27. The summed E-state index contributed by atoms with van der Waals surface area (Å²) in [6.07, 6.45) is 0. The summed E-state index contributed by atoms with van der Waals surface area (Å²) < 4.78 is 0.934. The highest BCUT2D eigenvalue weighted by atomic mass is 79.9. The summed E-state index contributed by atoms with van der Waals surface area (Å²) in [5.74, 6) is -0.741. The zero-order chi connectivity index (χ0) is 18.4. The van der Waals surface area contributed by atoms with E-state index in [9.17, 15) is 14.4 Å². The Hall–Kier alpha value is -2.19. The molecular formula is C17H18BrN3O3S. The SMILES string of the molecule is CC(=O)NCc1ccc(C(=O)NCC(=O)Nc2ccc(Br)cc2C)s1. The van der Waals surface area contributed by atoms with E-state index in [2.05, 4.69) is 31.9 Å². The molecule has 0 radical (unpaired) electrons. The molecule has 1 aromatic carbocycles. The molecule has 0 aliphatic heterocycles. The van der Waals surface area contributed by atoms with Crippen molar-refractivity contribution in [3.8, 4) is 0 Å². The summed E-state index contributed by atoms with van der Waals surface area (Å²) in [6, 6.07) is 8.99. The largest absolute Gasteiger partial charge is 0.351 e. The fourth-order valence-electron chi connectivity index (χ4n) is 2.02. The highest BCUT2D eigenvalue weighted by Crippen LogP contribution is 2.20. The van der Waals surface area contributed by atoms with Crippen LogP contribution in [0.2, 0.25) is 0 Å². The van der Waals surface area contributed by atoms with Crippen molar-refractivity contribution in [2.75, 3.05) is 11.9 Å². The lowest BCUT2D eigenvalue weighted by molar-refractivity contribution is -0.119. The van der Waals surface area contributed by atoms with Crippen LogP contribution in [0.25, 0.3) is 0 Å². The number of carbonyl (C=O) groups is 3. The van der Waals surface area contributed by atoms with Gasteiger partial charge in [-0.25, -0.2) is 0 Å². The average molecular weight is 424 g/mol. The molecule has 0 aliphatic carbocycles. The van der Waals surface area contributed by atoms with Gasteiger partial charge in [-0.2, -0.15) is 0 Å². The number of benzene rings is 1. The highest BCUT2D eigenvalue weighted by Gasteiger charge is 2.12. The second kappa shape index (κ2) is 8.77. The van der Waals surface area contributed by atoms with E-state index in [0.29, 0.717) is 17.1 Å². The first-order valence-corrected chi connectivity index (χ1v) is 9.13. The van der Waals surface area contributed by atoms with E-state index in [1.165, 1.54) is 18.3 Å². The lowest BCUT2D eigenvalue weighted by atomic mass is 10.2. The summed E-state index contributed by atoms with van der Waals surface area (Å²) in [6.45, 7) is 3.60. The van der Waals surface area contributed by atoms with Gasteiger partial charge < -0.3 is 16.0 Å². The second-order valence-corrected chi connectivity index (χ2v) is 7.45. The zero-order valence-electron chi connectivity index (χ0n) is 13.8. The Morgan fingerprint density at radius 1 is 1.12 bits per heavy atom. The maximum atomic E-state index is 12.1. The summed E-state index contributed by atoms with van der Waals surface area (Å²) in [5.41, 5.74) is 1.63. The molecule has 0 saturated heterocycles. The number of hydrogen-bond donors (Lipinski definition) is 3. The number of hydrogen-bond acceptors (Lipinski definition) is 4. The van der Waals surface area contributed by atoms with E-state index >= 15 is 0 Å². The van der Waals surface area contributed by atoms with Gasteiger partial charge in [0.15, 0.2) is 0 Å². The average Bonchev–Trinajstić information content (AvgIpc) is 3.02. The van der Waals surface area contributed by atoms with Crippen LogP contribution in [0.15, 0.2) is 34.8 Å². The van der Waals surface area contributed by atoms with E-state index in [0.717, 1.165) is 14.9 Å². The zero-order valence-corrected chi connectivity index (χ0v) is 16.2. The van der Waals surface area contributed by atoms with Crippen LogP contribution >= 0.6 is 27.3 Å². The molecule has 25 heavy (non-hydrogen) atoms. The molecular weight excluding hydrogens is 406 g/mol. The molecule has 0 bridgehead atoms. The first-order valence-electron chi connectivity index (χ1n) is 7.52. The Morgan fingerprint density at radius 2 is 1.88 bits per heavy atom. The van der Waals surface area contributed by atoms with Gasteiger partial charge >= 0.3 is 0 Å². The minimum absolute atomic E-state index is 0.118. The standard InChI is InChI=1S/C17H18BrN3O3S/c1-10-7-12(18)3-5-14(10)21-16(23)9-20-17(24)15-6-4-13(25-15)8-19-11(2)22/h3-7H,8-9H2,1-2H3,(H,19,22)(H,20,24)(H,21,23). The number of aryl methyl sites for hydroxylation is 1. The third kappa shape index (κ3) is 5.99. The number of rotatable bonds is 6. The molecule has 2 aromatic rings. The van der Waals surface area contributed by atoms with Gasteiger partial charge in [-0.1, -0.05) is 15.9 Å². The molecule has 3 N–H and O–H groups in total. The molecule has 6 nitrogen and oxygen atoms in total. The van der Waals surface area contributed by atoms with Gasteiger partial charge in [0.2, 0.25) is 11.8 Å². The van der Waals surface area contributed by atoms with Gasteiger partial charge in [-0.3, -0.25) is 14.4 Å². The summed E-state index contributed by atoms with van der Waals surface area (Å²) >= 11 is 4.65. The molecule has 0 fully saturated rings. The van der Waals surface area contributed by atoms with Crippen molar-refractivity contribution in [3.63, 3.8) is 0 Å². The fraction of sp³-hybridized carbons (Fsp3) is 0.235. The maximum Gasteiger partial charge on any atom is 0.261 e. The van der Waals surface area contributed by atoms with Gasteiger partial charge in [-0.05, 0) is 42.8 Å². The van der Waals surface area contributed by atoms with Gasteiger partial charge in [0.05, 0.1) is 18.0 Å². The van der Waals surface area contributed by atoms with Crippen molar-refractivity contribution < 1.29 is 14.4 Å². The molecule has 0 spiro atoms. The molecule has 3 amide bonds. The molecule has 2 rings (SSSR count). The summed E-state index contributed by atoms with van der Waals surface area (Å²) in [4.78, 5) is 36.3. The molecule has 0 saturated carbocycles. The van der Waals surface area contributed by atoms with Gasteiger partial charge in [-0.15, -0.1) is 11.3 Å². The van der Waals surface area contributed by atoms with Crippen molar-refractivity contribution in [1.82, 2.24) is 10.6 Å². The van der Waals surface area contributed by atoms with E-state index in [4.69, 9.17) is 0 Å². The van der Waals surface area contributed by atoms with Gasteiger partial charge in [0.1, 0.15) is 0 Å². The maximum absolute atomic E-state index is 12.1. The lowest BCUT2D eigenvalue weighted by Gasteiger charge is -2.09. The van der Waals surface area contributed by atoms with Crippen LogP contribution < -0.4 is 16.0 Å². The lowest BCUT2D eigenvalue weighted by Crippen LogP contribution is -2.32. The predicted octanol–water partition coefficient (Wildman–Crippen LogP) is 2.82. The first kappa shape index (κ1) is 19.1. The van der Waals surface area contributed by atoms with Crippen LogP contribution in [0.5, 0.6) is 0 Å². The minimum Gasteiger partial charge on any atom is -0.351 e. The third-order valence-corrected chi connectivity index (χ3v) is 4.85. The van der Waals surface area contributed by atoms with Crippen LogP contribution in [0.1, 0.15) is 27.0 Å². The molecule has 0 unspecified atom stereocenters. The van der Waals surface area contributed by atoms with Crippen molar-refractivity contribution in [1.29, 1.82) is 0 Å².